The lowest BCUT2D eigenvalue weighted by Crippen LogP contribution is -2.01. The minimum absolute atomic E-state index is 0.000198. The minimum Gasteiger partial charge on any atom is -0.495 e. The zero-order chi connectivity index (χ0) is 22.8. The number of ether oxygens (including phenoxy) is 3. The van der Waals surface area contributed by atoms with E-state index in [0.29, 0.717) is 34.5 Å². The number of hydrogen-bond donors (Lipinski definition) is 0. The molecule has 0 saturated heterocycles. The first-order valence-corrected chi connectivity index (χ1v) is 10.8. The van der Waals surface area contributed by atoms with Gasteiger partial charge in [-0.05, 0) is 48.0 Å². The number of benzene rings is 3. The molecule has 4 aromatic rings. The standard InChI is InChI=1S/C27H20ClNO4/c1-31-25-13-9-19(14-22(25)28)27-26(24(30)16-33-27)18-7-11-21(12-8-18)32-15-20-10-6-17-4-2-3-5-23(17)29-20/h2-14H,15-16H2,1H3. The van der Waals surface area contributed by atoms with Crippen LogP contribution in [0.3, 0.4) is 0 Å². The molecule has 0 saturated carbocycles. The maximum absolute atomic E-state index is 12.6. The Morgan fingerprint density at radius 1 is 0.970 bits per heavy atom. The molecule has 5 nitrogen and oxygen atoms in total. The highest BCUT2D eigenvalue weighted by Gasteiger charge is 2.27. The Kier molecular flexibility index (Phi) is 5.71. The number of fused-ring (bicyclic) bond motifs is 1. The molecule has 33 heavy (non-hydrogen) atoms. The van der Waals surface area contributed by atoms with Gasteiger partial charge in [0.25, 0.3) is 0 Å². The lowest BCUT2D eigenvalue weighted by atomic mass is 9.99. The Labute approximate surface area is 196 Å². The van der Waals surface area contributed by atoms with Gasteiger partial charge in [-0.25, -0.2) is 4.98 Å². The maximum Gasteiger partial charge on any atom is 0.204 e. The van der Waals surface area contributed by atoms with Gasteiger partial charge in [0.1, 0.15) is 23.9 Å². The normalized spacial score (nSPS) is 13.3. The van der Waals surface area contributed by atoms with E-state index in [1.54, 1.807) is 19.2 Å². The van der Waals surface area contributed by atoms with Gasteiger partial charge in [0.15, 0.2) is 6.61 Å². The molecule has 3 aromatic carbocycles. The molecule has 0 N–H and O–H groups in total. The third kappa shape index (κ3) is 4.28. The SMILES string of the molecule is COc1ccc(C2=C(c3ccc(OCc4ccc5ccccc5n4)cc3)C(=O)CO2)cc1Cl. The van der Waals surface area contributed by atoms with E-state index in [0.717, 1.165) is 27.7 Å². The second-order valence-corrected chi connectivity index (χ2v) is 7.98. The molecule has 0 fully saturated rings. The largest absolute Gasteiger partial charge is 0.495 e. The molecule has 0 aliphatic carbocycles. The molecule has 0 spiro atoms. The van der Waals surface area contributed by atoms with E-state index >= 15 is 0 Å². The molecule has 1 aliphatic heterocycles. The fraction of sp³-hybridized carbons (Fsp3) is 0.111. The molecule has 1 aromatic heterocycles. The van der Waals surface area contributed by atoms with Crippen molar-refractivity contribution in [2.75, 3.05) is 13.7 Å². The van der Waals surface area contributed by atoms with Gasteiger partial charge in [-0.3, -0.25) is 4.79 Å². The summed E-state index contributed by atoms with van der Waals surface area (Å²) in [4.78, 5) is 17.2. The van der Waals surface area contributed by atoms with Crippen molar-refractivity contribution in [1.82, 2.24) is 4.98 Å². The van der Waals surface area contributed by atoms with E-state index in [1.807, 2.05) is 66.7 Å². The van der Waals surface area contributed by atoms with Crippen LogP contribution in [-0.4, -0.2) is 24.5 Å². The van der Waals surface area contributed by atoms with Crippen LogP contribution in [0, 0.1) is 0 Å². The van der Waals surface area contributed by atoms with Gasteiger partial charge in [-0.1, -0.05) is 48.0 Å². The molecule has 0 bridgehead atoms. The van der Waals surface area contributed by atoms with Crippen LogP contribution in [0.2, 0.25) is 5.02 Å². The highest BCUT2D eigenvalue weighted by atomic mass is 35.5. The Hall–Kier alpha value is -3.83. The number of hydrogen-bond acceptors (Lipinski definition) is 5. The number of rotatable bonds is 6. The number of pyridine rings is 1. The molecule has 2 heterocycles. The number of para-hydroxylation sites is 1. The molecule has 0 amide bonds. The van der Waals surface area contributed by atoms with Crippen LogP contribution in [0.15, 0.2) is 78.9 Å². The number of Topliss-reactive ketones (excluding diaryl/α,β-unsaturated/α-hetero) is 1. The molecule has 164 valence electrons. The van der Waals surface area contributed by atoms with E-state index < -0.39 is 0 Å². The first-order chi connectivity index (χ1) is 16.1. The maximum atomic E-state index is 12.6. The molecular weight excluding hydrogens is 438 g/mol. The molecule has 6 heteroatoms. The number of ketones is 1. The second kappa shape index (κ2) is 8.96. The average Bonchev–Trinajstić information content (AvgIpc) is 3.24. The molecule has 0 atom stereocenters. The first-order valence-electron chi connectivity index (χ1n) is 10.4. The topological polar surface area (TPSA) is 57.7 Å². The van der Waals surface area contributed by atoms with Crippen molar-refractivity contribution in [1.29, 1.82) is 0 Å². The molecule has 5 rings (SSSR count). The van der Waals surface area contributed by atoms with Gasteiger partial charge >= 0.3 is 0 Å². The second-order valence-electron chi connectivity index (χ2n) is 7.57. The van der Waals surface area contributed by atoms with E-state index in [2.05, 4.69) is 4.98 Å². The van der Waals surface area contributed by atoms with Crippen LogP contribution in [0.4, 0.5) is 0 Å². The minimum atomic E-state index is -0.0778. The van der Waals surface area contributed by atoms with Crippen molar-refractivity contribution < 1.29 is 19.0 Å². The van der Waals surface area contributed by atoms with Crippen LogP contribution < -0.4 is 9.47 Å². The zero-order valence-electron chi connectivity index (χ0n) is 17.9. The van der Waals surface area contributed by atoms with Crippen LogP contribution in [0.1, 0.15) is 16.8 Å². The van der Waals surface area contributed by atoms with E-state index in [4.69, 9.17) is 25.8 Å². The van der Waals surface area contributed by atoms with Crippen molar-refractivity contribution in [2.45, 2.75) is 6.61 Å². The van der Waals surface area contributed by atoms with Gasteiger partial charge in [0, 0.05) is 10.9 Å². The lowest BCUT2D eigenvalue weighted by Gasteiger charge is -2.10. The third-order valence-corrected chi connectivity index (χ3v) is 5.75. The zero-order valence-corrected chi connectivity index (χ0v) is 18.6. The Bertz CT molecular complexity index is 1380. The number of halogens is 1. The van der Waals surface area contributed by atoms with Gasteiger partial charge in [-0.15, -0.1) is 0 Å². The van der Waals surface area contributed by atoms with Crippen LogP contribution in [0.5, 0.6) is 11.5 Å². The van der Waals surface area contributed by atoms with Gasteiger partial charge in [-0.2, -0.15) is 0 Å². The number of carbonyl (C=O) groups is 1. The van der Waals surface area contributed by atoms with E-state index in [1.165, 1.54) is 0 Å². The molecule has 0 radical (unpaired) electrons. The van der Waals surface area contributed by atoms with Gasteiger partial charge in [0.05, 0.1) is 28.9 Å². The third-order valence-electron chi connectivity index (χ3n) is 5.45. The van der Waals surface area contributed by atoms with Crippen molar-refractivity contribution in [3.63, 3.8) is 0 Å². The first kappa shape index (κ1) is 21.0. The summed E-state index contributed by atoms with van der Waals surface area (Å²) in [6.45, 7) is 0.352. The van der Waals surface area contributed by atoms with Crippen molar-refractivity contribution in [3.05, 3.63) is 101 Å². The summed E-state index contributed by atoms with van der Waals surface area (Å²) in [5.74, 6) is 1.69. The van der Waals surface area contributed by atoms with Gasteiger partial charge in [0.2, 0.25) is 5.78 Å². The highest BCUT2D eigenvalue weighted by Crippen LogP contribution is 2.36. The monoisotopic (exact) mass is 457 g/mol. The summed E-state index contributed by atoms with van der Waals surface area (Å²) in [6, 6.07) is 24.7. The Morgan fingerprint density at radius 3 is 2.55 bits per heavy atom. The van der Waals surface area contributed by atoms with Crippen LogP contribution in [-0.2, 0) is 16.1 Å². The lowest BCUT2D eigenvalue weighted by molar-refractivity contribution is -0.114. The van der Waals surface area contributed by atoms with Crippen LogP contribution >= 0.6 is 11.6 Å². The summed E-state index contributed by atoms with van der Waals surface area (Å²) < 4.78 is 16.8. The number of carbonyl (C=O) groups excluding carboxylic acids is 1. The summed E-state index contributed by atoms with van der Waals surface area (Å²) in [5.41, 5.74) is 3.80. The number of aromatic nitrogens is 1. The van der Waals surface area contributed by atoms with Crippen molar-refractivity contribution in [2.24, 2.45) is 0 Å². The van der Waals surface area contributed by atoms with E-state index in [9.17, 15) is 4.79 Å². The molecule has 1 aliphatic rings. The fourth-order valence-corrected chi connectivity index (χ4v) is 4.06. The van der Waals surface area contributed by atoms with E-state index in [-0.39, 0.29) is 12.4 Å². The van der Waals surface area contributed by atoms with Crippen molar-refractivity contribution >= 4 is 39.6 Å². The average molecular weight is 458 g/mol. The Morgan fingerprint density at radius 2 is 1.76 bits per heavy atom. The summed E-state index contributed by atoms with van der Waals surface area (Å²) in [5, 5.41) is 1.55. The number of nitrogens with zero attached hydrogens (tertiary/aromatic N) is 1. The van der Waals surface area contributed by atoms with Gasteiger partial charge < -0.3 is 14.2 Å². The highest BCUT2D eigenvalue weighted by molar-refractivity contribution is 6.33. The Balaban J connectivity index is 1.36. The molecular formula is C27H20ClNO4. The quantitative estimate of drug-likeness (QED) is 0.358. The fourth-order valence-electron chi connectivity index (χ4n) is 3.80. The molecule has 0 unspecified atom stereocenters. The summed E-state index contributed by atoms with van der Waals surface area (Å²) >= 11 is 6.27. The summed E-state index contributed by atoms with van der Waals surface area (Å²) in [6.07, 6.45) is 0. The van der Waals surface area contributed by atoms with Crippen LogP contribution in [0.25, 0.3) is 22.2 Å². The predicted octanol–water partition coefficient (Wildman–Crippen LogP) is 5.94. The smallest absolute Gasteiger partial charge is 0.204 e. The number of methoxy groups -OCH3 is 1. The predicted molar refractivity (Wildman–Crippen MR) is 128 cm³/mol. The van der Waals surface area contributed by atoms with Crippen molar-refractivity contribution in [3.8, 4) is 11.5 Å². The summed E-state index contributed by atoms with van der Waals surface area (Å²) in [7, 11) is 1.56.